The number of aliphatic hydroxyl groups excluding tert-OH is 2. The molecule has 0 aliphatic carbocycles. The molecule has 1 unspecified atom stereocenters. The van der Waals surface area contributed by atoms with Crippen LogP contribution in [0, 0.1) is 5.82 Å². The van der Waals surface area contributed by atoms with Gasteiger partial charge in [-0.25, -0.2) is 18.7 Å². The second-order valence-corrected chi connectivity index (χ2v) is 17.9. The molecule has 1 saturated heterocycles. The fraction of sp³-hybridized carbons (Fsp3) is 0.864. The molecule has 354 valence electrons. The van der Waals surface area contributed by atoms with Gasteiger partial charge in [0, 0.05) is 24.9 Å². The number of phosphoric ester groups is 1. The number of halogens is 1. The molecule has 0 bridgehead atoms. The smallest absolute Gasteiger partial charge is 0.856 e. The van der Waals surface area contributed by atoms with Crippen molar-refractivity contribution in [3.63, 3.8) is 0 Å². The number of carbonyl (C=O) groups excluding carboxylic acids is 2. The third-order valence-electron chi connectivity index (χ3n) is 11.0. The minimum atomic E-state index is -4.93. The summed E-state index contributed by atoms with van der Waals surface area (Å²) in [5.41, 5.74) is -1.25. The third-order valence-corrected chi connectivity index (χ3v) is 12.0. The van der Waals surface area contributed by atoms with Gasteiger partial charge in [0.2, 0.25) is 0 Å². The first-order valence-electron chi connectivity index (χ1n) is 23.3. The van der Waals surface area contributed by atoms with E-state index in [-0.39, 0.29) is 42.4 Å². The number of rotatable bonds is 38. The molecule has 1 aliphatic heterocycles. The van der Waals surface area contributed by atoms with Crippen LogP contribution in [0.1, 0.15) is 200 Å². The molecule has 0 amide bonds. The van der Waals surface area contributed by atoms with Crippen molar-refractivity contribution in [1.29, 1.82) is 0 Å². The van der Waals surface area contributed by atoms with Crippen molar-refractivity contribution in [3.05, 3.63) is 22.5 Å². The number of unbranched alkanes of at least 4 members (excludes halogenated alkanes) is 24. The average molecular weight is 915 g/mol. The molecule has 0 aromatic carbocycles. The number of nitrogens with zero attached hydrogens (tertiary/aromatic N) is 2. The predicted molar refractivity (Wildman–Crippen MR) is 227 cm³/mol. The van der Waals surface area contributed by atoms with Crippen LogP contribution in [0.4, 0.5) is 4.39 Å². The van der Waals surface area contributed by atoms with Crippen LogP contribution in [0.2, 0.25) is 0 Å². The van der Waals surface area contributed by atoms with Crippen LogP contribution in [0.5, 0.6) is 5.88 Å². The second-order valence-electron chi connectivity index (χ2n) is 16.5. The third kappa shape index (κ3) is 26.5. The van der Waals surface area contributed by atoms with Gasteiger partial charge in [0.25, 0.3) is 0 Å². The van der Waals surface area contributed by atoms with E-state index in [1.807, 2.05) is 0 Å². The number of phosphoric acid groups is 1. The van der Waals surface area contributed by atoms with Crippen molar-refractivity contribution < 1.29 is 91.6 Å². The monoisotopic (exact) mass is 915 g/mol. The van der Waals surface area contributed by atoms with Crippen LogP contribution >= 0.6 is 7.82 Å². The van der Waals surface area contributed by atoms with Crippen LogP contribution < -0.4 is 40.4 Å². The summed E-state index contributed by atoms with van der Waals surface area (Å²) in [6.45, 7) is 2.53. The number of aromatic nitrogens is 2. The fourth-order valence-corrected chi connectivity index (χ4v) is 8.05. The van der Waals surface area contributed by atoms with E-state index < -0.39 is 87.6 Å². The summed E-state index contributed by atoms with van der Waals surface area (Å²) in [5.74, 6) is -3.89. The molecule has 2 heterocycles. The summed E-state index contributed by atoms with van der Waals surface area (Å²) in [6.07, 6.45) is 22.8. The number of ether oxygens (including phenoxy) is 3. The first-order valence-corrected chi connectivity index (χ1v) is 24.8. The molecule has 1 aromatic rings. The minimum absolute atomic E-state index is 0. The van der Waals surface area contributed by atoms with Crippen LogP contribution in [0.15, 0.2) is 11.0 Å². The molecule has 62 heavy (non-hydrogen) atoms. The van der Waals surface area contributed by atoms with Crippen molar-refractivity contribution >= 4 is 19.8 Å². The summed E-state index contributed by atoms with van der Waals surface area (Å²) in [6, 6.07) is 0. The molecular formula is C44H77FN2NaO13P. The number of hydrogen-bond donors (Lipinski definition) is 3. The second kappa shape index (κ2) is 35.8. The molecule has 1 fully saturated rings. The Morgan fingerprint density at radius 1 is 0.742 bits per heavy atom. The number of hydrogen-bond acceptors (Lipinski definition) is 13. The quantitative estimate of drug-likeness (QED) is 0.0317. The molecule has 0 radical (unpaired) electrons. The molecule has 3 N–H and O–H groups in total. The van der Waals surface area contributed by atoms with Gasteiger partial charge in [-0.05, 0) is 12.8 Å². The van der Waals surface area contributed by atoms with Gasteiger partial charge in [-0.3, -0.25) is 23.2 Å². The van der Waals surface area contributed by atoms with E-state index in [2.05, 4.69) is 18.8 Å². The predicted octanol–water partition coefficient (Wildman–Crippen LogP) is 5.63. The van der Waals surface area contributed by atoms with Crippen LogP contribution in [-0.4, -0.2) is 80.8 Å². The average Bonchev–Trinajstić information content (AvgIpc) is 3.51. The molecule has 0 spiro atoms. The maximum absolute atomic E-state index is 13.8. The van der Waals surface area contributed by atoms with Gasteiger partial charge in [0.05, 0.1) is 13.2 Å². The van der Waals surface area contributed by atoms with E-state index in [0.29, 0.717) is 23.6 Å². The SMILES string of the molecule is CCCCCCCCCCCCCCCC(=O)OC[C@@H](COP(=O)(O)OC[C@H]1O[C@@H](n2cc(F)c([O-])nc2=O)[C@H](O)[C@@H]1O)OC(=O)CCCCCCCCCCCCCCC.[Na+]. The van der Waals surface area contributed by atoms with Crippen molar-refractivity contribution in [1.82, 2.24) is 9.55 Å². The van der Waals surface area contributed by atoms with Gasteiger partial charge in [0.1, 0.15) is 24.9 Å². The van der Waals surface area contributed by atoms with Crippen molar-refractivity contribution in [2.24, 2.45) is 0 Å². The summed E-state index contributed by atoms with van der Waals surface area (Å²) >= 11 is 0. The van der Waals surface area contributed by atoms with Crippen LogP contribution in [-0.2, 0) is 37.4 Å². The fourth-order valence-electron chi connectivity index (χ4n) is 7.29. The van der Waals surface area contributed by atoms with E-state index >= 15 is 0 Å². The summed E-state index contributed by atoms with van der Waals surface area (Å²) in [5, 5.41) is 32.2. The zero-order valence-electron chi connectivity index (χ0n) is 38.0. The first kappa shape index (κ1) is 58.6. The van der Waals surface area contributed by atoms with E-state index in [4.69, 9.17) is 23.3 Å². The summed E-state index contributed by atoms with van der Waals surface area (Å²) in [4.78, 5) is 50.9. The van der Waals surface area contributed by atoms with Crippen molar-refractivity contribution in [2.45, 2.75) is 224 Å². The molecule has 1 aliphatic rings. The summed E-state index contributed by atoms with van der Waals surface area (Å²) < 4.78 is 53.5. The molecule has 15 nitrogen and oxygen atoms in total. The van der Waals surface area contributed by atoms with E-state index in [1.54, 1.807) is 0 Å². The van der Waals surface area contributed by atoms with Crippen molar-refractivity contribution in [3.8, 4) is 5.88 Å². The van der Waals surface area contributed by atoms with Gasteiger partial charge in [0.15, 0.2) is 18.1 Å². The zero-order chi connectivity index (χ0) is 44.7. The Morgan fingerprint density at radius 3 is 1.65 bits per heavy atom. The standard InChI is InChI=1S/C44H78FN2O13P.Na/c1-3-5-7-9-11-13-15-17-19-21-23-25-27-29-38(48)56-32-35(59-39(49)30-28-26-24-22-20-18-16-14-12-10-8-6-4-2)33-57-61(54,55)58-34-37-40(50)41(51)43(60-37)47-31-36(45)42(52)46-44(47)53;/h31,35,37,40-41,43,50-51H,3-30,32-34H2,1-2H3,(H,54,55)(H,46,52,53);/q;+1/p-1/t35-,37+,40+,41+,43+;/m0./s1. The Bertz CT molecular complexity index is 1440. The number of esters is 2. The van der Waals surface area contributed by atoms with E-state index in [1.165, 1.54) is 109 Å². The van der Waals surface area contributed by atoms with Gasteiger partial charge in [-0.15, -0.1) is 0 Å². The van der Waals surface area contributed by atoms with Crippen molar-refractivity contribution in [2.75, 3.05) is 19.8 Å². The molecular weight excluding hydrogens is 837 g/mol. The first-order chi connectivity index (χ1) is 29.4. The summed E-state index contributed by atoms with van der Waals surface area (Å²) in [7, 11) is -4.93. The van der Waals surface area contributed by atoms with Gasteiger partial charge < -0.3 is 34.4 Å². The van der Waals surface area contributed by atoms with Crippen LogP contribution in [0.3, 0.4) is 0 Å². The Balaban J connectivity index is 0.0000192. The Kier molecular flexibility index (Phi) is 33.8. The minimum Gasteiger partial charge on any atom is -0.856 e. The molecule has 2 rings (SSSR count). The van der Waals surface area contributed by atoms with E-state index in [0.717, 1.165) is 44.9 Å². The number of aliphatic hydroxyl groups is 2. The Hall–Kier alpha value is -1.46. The topological polar surface area (TPSA) is 216 Å². The largest absolute Gasteiger partial charge is 1.00 e. The molecule has 0 saturated carbocycles. The Labute approximate surface area is 391 Å². The van der Waals surface area contributed by atoms with Gasteiger partial charge >= 0.3 is 55.0 Å². The maximum atomic E-state index is 13.8. The van der Waals surface area contributed by atoms with Crippen LogP contribution in [0.25, 0.3) is 0 Å². The maximum Gasteiger partial charge on any atom is 1.00 e. The van der Waals surface area contributed by atoms with Gasteiger partial charge in [-0.2, -0.15) is 0 Å². The number of carbonyl (C=O) groups is 2. The normalized spacial score (nSPS) is 18.9. The molecule has 1 aromatic heterocycles. The molecule has 6 atom stereocenters. The van der Waals surface area contributed by atoms with Gasteiger partial charge in [-0.1, -0.05) is 168 Å². The molecule has 18 heteroatoms. The van der Waals surface area contributed by atoms with E-state index in [9.17, 15) is 43.6 Å². The Morgan fingerprint density at radius 2 is 1.18 bits per heavy atom. The zero-order valence-corrected chi connectivity index (χ0v) is 40.9.